The van der Waals surface area contributed by atoms with Crippen molar-refractivity contribution in [1.82, 2.24) is 0 Å². The van der Waals surface area contributed by atoms with Gasteiger partial charge in [0.25, 0.3) is 0 Å². The number of quaternary nitrogens is 2. The molecule has 180 valence electrons. The van der Waals surface area contributed by atoms with E-state index in [1.54, 1.807) is 0 Å². The zero-order chi connectivity index (χ0) is 23.7. The maximum atomic E-state index is 11.2. The van der Waals surface area contributed by atoms with Crippen molar-refractivity contribution in [2.75, 3.05) is 14.1 Å². The molecule has 2 aliphatic heterocycles. The van der Waals surface area contributed by atoms with E-state index in [0.717, 1.165) is 45.0 Å². The number of para-hydroxylation sites is 4. The van der Waals surface area contributed by atoms with Gasteiger partial charge in [0, 0.05) is 24.3 Å². The zero-order valence-corrected chi connectivity index (χ0v) is 21.3. The number of hydrogen-bond acceptors (Lipinski definition) is 2. The van der Waals surface area contributed by atoms with E-state index in [-0.39, 0.29) is 24.8 Å². The SMILES string of the molecule is C[NH+]1c2ccccc2C(=C=O)c2ccccc21.C[NH+]1c2ccccc2C(=C=O)c2ccccc21.[Cl-].[Cl-]. The third-order valence-corrected chi connectivity index (χ3v) is 6.61. The van der Waals surface area contributed by atoms with Crippen molar-refractivity contribution in [1.29, 1.82) is 0 Å². The number of nitrogens with one attached hydrogen (secondary N) is 2. The molecule has 0 fully saturated rings. The van der Waals surface area contributed by atoms with Crippen molar-refractivity contribution in [3.05, 3.63) is 119 Å². The van der Waals surface area contributed by atoms with Gasteiger partial charge in [0.05, 0.1) is 47.5 Å². The minimum absolute atomic E-state index is 0. The average molecular weight is 515 g/mol. The van der Waals surface area contributed by atoms with Gasteiger partial charge in [-0.3, -0.25) is 9.80 Å². The second-order valence-electron chi connectivity index (χ2n) is 8.39. The molecule has 0 atom stereocenters. The van der Waals surface area contributed by atoms with Gasteiger partial charge in [-0.1, -0.05) is 48.5 Å². The van der Waals surface area contributed by atoms with Crippen LogP contribution in [0.5, 0.6) is 0 Å². The fraction of sp³-hybridized carbons (Fsp3) is 0.0667. The highest BCUT2D eigenvalue weighted by molar-refractivity contribution is 6.03. The highest BCUT2D eigenvalue weighted by atomic mass is 35.5. The van der Waals surface area contributed by atoms with Crippen LogP contribution in [-0.2, 0) is 9.59 Å². The summed E-state index contributed by atoms with van der Waals surface area (Å²) in [4.78, 5) is 24.9. The number of rotatable bonds is 0. The van der Waals surface area contributed by atoms with Crippen molar-refractivity contribution in [2.24, 2.45) is 0 Å². The Morgan fingerprint density at radius 1 is 0.444 bits per heavy atom. The molecule has 6 heteroatoms. The van der Waals surface area contributed by atoms with E-state index < -0.39 is 0 Å². The molecule has 4 aromatic rings. The minimum atomic E-state index is 0. The van der Waals surface area contributed by atoms with Crippen LogP contribution < -0.4 is 34.6 Å². The molecule has 2 heterocycles. The van der Waals surface area contributed by atoms with E-state index in [4.69, 9.17) is 0 Å². The first-order valence-corrected chi connectivity index (χ1v) is 11.2. The van der Waals surface area contributed by atoms with Crippen molar-refractivity contribution < 1.29 is 44.2 Å². The Kier molecular flexibility index (Phi) is 8.47. The number of hydrogen-bond donors (Lipinski definition) is 2. The molecule has 36 heavy (non-hydrogen) atoms. The predicted molar refractivity (Wildman–Crippen MR) is 135 cm³/mol. The lowest BCUT2D eigenvalue weighted by molar-refractivity contribution is -0.736. The van der Waals surface area contributed by atoms with E-state index in [0.29, 0.717) is 11.1 Å². The Hall–Kier alpha value is -3.72. The lowest BCUT2D eigenvalue weighted by Gasteiger charge is -2.24. The van der Waals surface area contributed by atoms with E-state index >= 15 is 0 Å². The van der Waals surface area contributed by atoms with Crippen LogP contribution in [0.1, 0.15) is 22.3 Å². The monoisotopic (exact) mass is 514 g/mol. The summed E-state index contributed by atoms with van der Waals surface area (Å²) in [6.45, 7) is 0. The van der Waals surface area contributed by atoms with Gasteiger partial charge in [0.2, 0.25) is 0 Å². The summed E-state index contributed by atoms with van der Waals surface area (Å²) >= 11 is 0. The van der Waals surface area contributed by atoms with E-state index in [9.17, 15) is 9.59 Å². The van der Waals surface area contributed by atoms with Gasteiger partial charge in [0.15, 0.2) is 0 Å². The Bertz CT molecular complexity index is 1300. The van der Waals surface area contributed by atoms with Crippen LogP contribution in [0.15, 0.2) is 97.1 Å². The van der Waals surface area contributed by atoms with Gasteiger partial charge < -0.3 is 24.8 Å². The number of halogens is 2. The third-order valence-electron chi connectivity index (χ3n) is 6.61. The van der Waals surface area contributed by atoms with Crippen molar-refractivity contribution >= 4 is 45.8 Å². The number of carbonyl (C=O) groups excluding carboxylic acids is 2. The first kappa shape index (κ1) is 26.9. The summed E-state index contributed by atoms with van der Waals surface area (Å²) in [6.07, 6.45) is 0. The number of benzene rings is 4. The third kappa shape index (κ3) is 4.46. The molecule has 6 rings (SSSR count). The molecule has 4 aromatic carbocycles. The van der Waals surface area contributed by atoms with Gasteiger partial charge in [-0.25, -0.2) is 9.59 Å². The minimum Gasteiger partial charge on any atom is -1.00 e. The zero-order valence-electron chi connectivity index (χ0n) is 19.8. The topological polar surface area (TPSA) is 43.0 Å². The van der Waals surface area contributed by atoms with E-state index in [2.05, 4.69) is 50.2 Å². The van der Waals surface area contributed by atoms with Crippen LogP contribution in [0.25, 0.3) is 11.1 Å². The largest absolute Gasteiger partial charge is 1.00 e. The normalized spacial score (nSPS) is 16.1. The fourth-order valence-corrected chi connectivity index (χ4v) is 4.91. The van der Waals surface area contributed by atoms with Gasteiger partial charge in [-0.2, -0.15) is 0 Å². The fourth-order valence-electron chi connectivity index (χ4n) is 4.91. The lowest BCUT2D eigenvalue weighted by atomic mass is 9.92. The average Bonchev–Trinajstić information content (AvgIpc) is 2.90. The highest BCUT2D eigenvalue weighted by Crippen LogP contribution is 2.34. The molecule has 0 amide bonds. The van der Waals surface area contributed by atoms with Gasteiger partial charge in [0.1, 0.15) is 34.6 Å². The molecule has 2 aliphatic rings. The van der Waals surface area contributed by atoms with Gasteiger partial charge in [-0.05, 0) is 24.3 Å². The molecule has 4 nitrogen and oxygen atoms in total. The summed E-state index contributed by atoms with van der Waals surface area (Å²) in [5.41, 5.74) is 9.79. The Labute approximate surface area is 223 Å². The summed E-state index contributed by atoms with van der Waals surface area (Å²) in [6, 6.07) is 32.0. The maximum Gasteiger partial charge on any atom is 0.144 e. The molecular weight excluding hydrogens is 491 g/mol. The van der Waals surface area contributed by atoms with Crippen molar-refractivity contribution in [2.45, 2.75) is 0 Å². The Balaban J connectivity index is 0.000000190. The van der Waals surface area contributed by atoms with Gasteiger partial charge in [-0.15, -0.1) is 0 Å². The quantitative estimate of drug-likeness (QED) is 0.254. The van der Waals surface area contributed by atoms with Crippen LogP contribution in [0.3, 0.4) is 0 Å². The summed E-state index contributed by atoms with van der Waals surface area (Å²) < 4.78 is 0. The lowest BCUT2D eigenvalue weighted by Crippen LogP contribution is -3.00. The maximum absolute atomic E-state index is 11.2. The first-order chi connectivity index (χ1) is 16.7. The summed E-state index contributed by atoms with van der Waals surface area (Å²) in [5.74, 6) is 4.18. The van der Waals surface area contributed by atoms with Crippen LogP contribution in [0.4, 0.5) is 22.7 Å². The summed E-state index contributed by atoms with van der Waals surface area (Å²) in [5, 5.41) is 0. The molecular formula is C30H24Cl2N2O2. The van der Waals surface area contributed by atoms with E-state index in [1.807, 2.05) is 72.8 Å². The van der Waals surface area contributed by atoms with Crippen LogP contribution >= 0.6 is 0 Å². The number of fused-ring (bicyclic) bond motifs is 4. The molecule has 0 aromatic heterocycles. The second kappa shape index (κ2) is 11.3. The van der Waals surface area contributed by atoms with Gasteiger partial charge >= 0.3 is 0 Å². The smallest absolute Gasteiger partial charge is 0.144 e. The molecule has 0 bridgehead atoms. The highest BCUT2D eigenvalue weighted by Gasteiger charge is 2.29. The molecule has 0 spiro atoms. The second-order valence-corrected chi connectivity index (χ2v) is 8.39. The van der Waals surface area contributed by atoms with Crippen molar-refractivity contribution in [3.8, 4) is 0 Å². The molecule has 2 N–H and O–H groups in total. The molecule has 0 saturated carbocycles. The van der Waals surface area contributed by atoms with Crippen LogP contribution in [0, 0.1) is 0 Å². The summed E-state index contributed by atoms with van der Waals surface area (Å²) in [7, 11) is 4.19. The Morgan fingerprint density at radius 2 is 0.667 bits per heavy atom. The molecule has 0 aliphatic carbocycles. The first-order valence-electron chi connectivity index (χ1n) is 11.2. The molecule has 0 unspecified atom stereocenters. The predicted octanol–water partition coefficient (Wildman–Crippen LogP) is -2.51. The van der Waals surface area contributed by atoms with Crippen LogP contribution in [0.2, 0.25) is 0 Å². The van der Waals surface area contributed by atoms with E-state index in [1.165, 1.54) is 9.80 Å². The molecule has 0 saturated heterocycles. The molecule has 0 radical (unpaired) electrons. The Morgan fingerprint density at radius 3 is 0.889 bits per heavy atom. The standard InChI is InChI=1S/2C15H11NO.2ClH/c2*1-16-14-8-4-2-6-11(14)13(10-17)12-7-3-5-9-15(12)16;;/h2*2-9H,1H3;2*1H. The van der Waals surface area contributed by atoms with Crippen molar-refractivity contribution in [3.63, 3.8) is 0 Å². The van der Waals surface area contributed by atoms with Crippen LogP contribution in [-0.4, -0.2) is 26.0 Å².